The van der Waals surface area contributed by atoms with Crippen LogP contribution < -0.4 is 5.32 Å². The highest BCUT2D eigenvalue weighted by Crippen LogP contribution is 2.11. The van der Waals surface area contributed by atoms with Crippen molar-refractivity contribution in [3.05, 3.63) is 71.5 Å². The fourth-order valence-corrected chi connectivity index (χ4v) is 2.60. The van der Waals surface area contributed by atoms with Crippen molar-refractivity contribution in [2.24, 2.45) is 0 Å². The zero-order valence-electron chi connectivity index (χ0n) is 13.9. The van der Waals surface area contributed by atoms with Crippen molar-refractivity contribution >= 4 is 17.8 Å². The van der Waals surface area contributed by atoms with Crippen LogP contribution in [0.5, 0.6) is 0 Å². The second-order valence-corrected chi connectivity index (χ2v) is 5.92. The van der Waals surface area contributed by atoms with Gasteiger partial charge in [-0.25, -0.2) is 9.18 Å². The molecule has 1 unspecified atom stereocenters. The number of ether oxygens (including phenoxy) is 1. The van der Waals surface area contributed by atoms with Gasteiger partial charge in [0.1, 0.15) is 18.5 Å². The molecule has 0 aromatic heterocycles. The van der Waals surface area contributed by atoms with E-state index in [1.54, 1.807) is 0 Å². The molecule has 1 aliphatic heterocycles. The number of hydrogen-bond acceptors (Lipinski definition) is 4. The first kappa shape index (κ1) is 17.6. The molecule has 6 nitrogen and oxygen atoms in total. The molecule has 2 aromatic rings. The van der Waals surface area contributed by atoms with Gasteiger partial charge in [-0.3, -0.25) is 14.5 Å². The van der Waals surface area contributed by atoms with E-state index in [2.05, 4.69) is 5.32 Å². The van der Waals surface area contributed by atoms with E-state index in [-0.39, 0.29) is 31.0 Å². The number of carbonyl (C=O) groups excluding carboxylic acids is 3. The zero-order chi connectivity index (χ0) is 18.5. The zero-order valence-corrected chi connectivity index (χ0v) is 13.9. The molecule has 3 rings (SSSR count). The number of hydrogen-bond donors (Lipinski definition) is 1. The topological polar surface area (TPSA) is 75.7 Å². The quantitative estimate of drug-likeness (QED) is 0.911. The summed E-state index contributed by atoms with van der Waals surface area (Å²) in [6.45, 7) is 0.0261. The van der Waals surface area contributed by atoms with Crippen LogP contribution in [0.1, 0.15) is 15.9 Å². The smallest absolute Gasteiger partial charge is 0.410 e. The molecule has 2 amide bonds. The SMILES string of the molecule is O=C(NC1CN(C(=O)OCc2ccccc2)CC1=O)c1ccc(F)cc1. The Morgan fingerprint density at radius 3 is 2.50 bits per heavy atom. The maximum Gasteiger partial charge on any atom is 0.410 e. The van der Waals surface area contributed by atoms with Gasteiger partial charge < -0.3 is 10.1 Å². The molecule has 0 radical (unpaired) electrons. The molecule has 0 saturated carbocycles. The number of benzene rings is 2. The van der Waals surface area contributed by atoms with Crippen LogP contribution in [0.3, 0.4) is 0 Å². The summed E-state index contributed by atoms with van der Waals surface area (Å²) >= 11 is 0. The summed E-state index contributed by atoms with van der Waals surface area (Å²) in [6, 6.07) is 13.4. The first-order valence-corrected chi connectivity index (χ1v) is 8.07. The van der Waals surface area contributed by atoms with Crippen molar-refractivity contribution in [3.8, 4) is 0 Å². The maximum absolute atomic E-state index is 12.9. The van der Waals surface area contributed by atoms with Gasteiger partial charge in [0.25, 0.3) is 5.91 Å². The van der Waals surface area contributed by atoms with Crippen molar-refractivity contribution < 1.29 is 23.5 Å². The molecule has 7 heteroatoms. The molecule has 1 N–H and O–H groups in total. The Balaban J connectivity index is 1.53. The lowest BCUT2D eigenvalue weighted by atomic mass is 10.2. The summed E-state index contributed by atoms with van der Waals surface area (Å²) < 4.78 is 18.1. The average Bonchev–Trinajstić information content (AvgIpc) is 3.01. The fraction of sp³-hybridized carbons (Fsp3) is 0.211. The molecule has 26 heavy (non-hydrogen) atoms. The monoisotopic (exact) mass is 356 g/mol. The van der Waals surface area contributed by atoms with Crippen LogP contribution in [0.4, 0.5) is 9.18 Å². The van der Waals surface area contributed by atoms with Crippen LogP contribution in [0, 0.1) is 5.82 Å². The van der Waals surface area contributed by atoms with E-state index in [0.717, 1.165) is 5.56 Å². The number of nitrogens with zero attached hydrogens (tertiary/aromatic N) is 1. The number of halogens is 1. The Bertz CT molecular complexity index is 808. The number of ketones is 1. The highest BCUT2D eigenvalue weighted by atomic mass is 19.1. The highest BCUT2D eigenvalue weighted by Gasteiger charge is 2.35. The van der Waals surface area contributed by atoms with Gasteiger partial charge in [0.05, 0.1) is 13.1 Å². The third-order valence-electron chi connectivity index (χ3n) is 4.01. The first-order valence-electron chi connectivity index (χ1n) is 8.07. The Hall–Kier alpha value is -3.22. The van der Waals surface area contributed by atoms with E-state index in [0.29, 0.717) is 0 Å². The molecule has 1 heterocycles. The van der Waals surface area contributed by atoms with Gasteiger partial charge in [-0.2, -0.15) is 0 Å². The molecule has 134 valence electrons. The molecule has 1 saturated heterocycles. The van der Waals surface area contributed by atoms with Crippen LogP contribution in [0.2, 0.25) is 0 Å². The number of rotatable bonds is 4. The largest absolute Gasteiger partial charge is 0.445 e. The summed E-state index contributed by atoms with van der Waals surface area (Å²) in [5, 5.41) is 2.56. The predicted octanol–water partition coefficient (Wildman–Crippen LogP) is 2.15. The third-order valence-corrected chi connectivity index (χ3v) is 4.01. The summed E-state index contributed by atoms with van der Waals surface area (Å²) in [7, 11) is 0. The lowest BCUT2D eigenvalue weighted by molar-refractivity contribution is -0.118. The molecule has 0 bridgehead atoms. The minimum atomic E-state index is -0.808. The standard InChI is InChI=1S/C19H17FN2O4/c20-15-8-6-14(7-9-15)18(24)21-16-10-22(11-17(16)23)19(25)26-12-13-4-2-1-3-5-13/h1-9,16H,10-12H2,(H,21,24). The Kier molecular flexibility index (Phi) is 5.26. The number of nitrogens with one attached hydrogen (secondary N) is 1. The molecule has 0 aliphatic carbocycles. The maximum atomic E-state index is 12.9. The number of carbonyl (C=O) groups is 3. The second kappa shape index (κ2) is 7.77. The summed E-state index contributed by atoms with van der Waals surface area (Å²) in [4.78, 5) is 37.5. The Morgan fingerprint density at radius 2 is 1.81 bits per heavy atom. The molecule has 1 aliphatic rings. The summed E-state index contributed by atoms with van der Waals surface area (Å²) in [6.07, 6.45) is -0.610. The van der Waals surface area contributed by atoms with E-state index in [9.17, 15) is 18.8 Å². The fourth-order valence-electron chi connectivity index (χ4n) is 2.60. The Labute approximate surface area is 149 Å². The molecule has 0 spiro atoms. The predicted molar refractivity (Wildman–Crippen MR) is 90.9 cm³/mol. The van der Waals surface area contributed by atoms with Crippen LogP contribution in [0.15, 0.2) is 54.6 Å². The van der Waals surface area contributed by atoms with Gasteiger partial charge in [-0.15, -0.1) is 0 Å². The van der Waals surface area contributed by atoms with E-state index >= 15 is 0 Å². The minimum Gasteiger partial charge on any atom is -0.445 e. The normalized spacial score (nSPS) is 16.4. The Morgan fingerprint density at radius 1 is 1.12 bits per heavy atom. The molecular formula is C19H17FN2O4. The third kappa shape index (κ3) is 4.24. The van der Waals surface area contributed by atoms with Gasteiger partial charge in [0.2, 0.25) is 0 Å². The summed E-state index contributed by atoms with van der Waals surface area (Å²) in [5.41, 5.74) is 1.08. The number of amides is 2. The van der Waals surface area contributed by atoms with E-state index < -0.39 is 23.9 Å². The molecule has 1 atom stereocenters. The van der Waals surface area contributed by atoms with Crippen molar-refractivity contribution in [1.82, 2.24) is 10.2 Å². The van der Waals surface area contributed by atoms with Crippen LogP contribution in [-0.2, 0) is 16.1 Å². The van der Waals surface area contributed by atoms with Crippen molar-refractivity contribution in [1.29, 1.82) is 0 Å². The van der Waals surface area contributed by atoms with Crippen molar-refractivity contribution in [2.45, 2.75) is 12.6 Å². The summed E-state index contributed by atoms with van der Waals surface area (Å²) in [5.74, 6) is -1.23. The minimum absolute atomic E-state index is 0.0411. The van der Waals surface area contributed by atoms with Gasteiger partial charge in [0.15, 0.2) is 5.78 Å². The lowest BCUT2D eigenvalue weighted by Gasteiger charge is -2.16. The van der Waals surface area contributed by atoms with Gasteiger partial charge in [-0.1, -0.05) is 30.3 Å². The van der Waals surface area contributed by atoms with Crippen LogP contribution in [0.25, 0.3) is 0 Å². The first-order chi connectivity index (χ1) is 12.5. The van der Waals surface area contributed by atoms with Gasteiger partial charge >= 0.3 is 6.09 Å². The second-order valence-electron chi connectivity index (χ2n) is 5.92. The average molecular weight is 356 g/mol. The van der Waals surface area contributed by atoms with Gasteiger partial charge in [0, 0.05) is 5.56 Å². The lowest BCUT2D eigenvalue weighted by Crippen LogP contribution is -2.41. The van der Waals surface area contributed by atoms with Crippen LogP contribution in [-0.4, -0.2) is 41.8 Å². The molecular weight excluding hydrogens is 339 g/mol. The number of Topliss-reactive ketones (excluding diaryl/α,β-unsaturated/α-hetero) is 1. The number of likely N-dealkylation sites (tertiary alicyclic amines) is 1. The van der Waals surface area contributed by atoms with Gasteiger partial charge in [-0.05, 0) is 29.8 Å². The van der Waals surface area contributed by atoms with E-state index in [1.165, 1.54) is 29.2 Å². The van der Waals surface area contributed by atoms with Crippen molar-refractivity contribution in [2.75, 3.05) is 13.1 Å². The molecule has 1 fully saturated rings. The van der Waals surface area contributed by atoms with E-state index in [1.807, 2.05) is 30.3 Å². The van der Waals surface area contributed by atoms with Crippen LogP contribution >= 0.6 is 0 Å². The highest BCUT2D eigenvalue weighted by molar-refractivity contribution is 6.00. The van der Waals surface area contributed by atoms with Crippen molar-refractivity contribution in [3.63, 3.8) is 0 Å². The molecule has 2 aromatic carbocycles. The van der Waals surface area contributed by atoms with E-state index in [4.69, 9.17) is 4.74 Å².